The maximum atomic E-state index is 12.4. The van der Waals surface area contributed by atoms with E-state index in [4.69, 9.17) is 0 Å². The third kappa shape index (κ3) is 2.93. The molecule has 1 heterocycles. The number of pyridine rings is 1. The molecule has 2 nitrogen and oxygen atoms in total. The number of nitrogens with zero attached hydrogens (tertiary/aromatic N) is 1. The van der Waals surface area contributed by atoms with Crippen LogP contribution in [-0.2, 0) is 6.18 Å². The Kier molecular flexibility index (Phi) is 3.57. The number of hydrogen-bond acceptors (Lipinski definition) is 2. The van der Waals surface area contributed by atoms with Gasteiger partial charge in [-0.15, -0.1) is 0 Å². The van der Waals surface area contributed by atoms with Crippen LogP contribution in [0, 0.1) is 6.92 Å². The Morgan fingerprint density at radius 1 is 1.11 bits per heavy atom. The molecule has 0 aliphatic carbocycles. The van der Waals surface area contributed by atoms with E-state index in [1.54, 1.807) is 12.1 Å². The zero-order valence-corrected chi connectivity index (χ0v) is 10.1. The third-order valence-corrected chi connectivity index (χ3v) is 2.88. The first-order chi connectivity index (χ1) is 8.89. The van der Waals surface area contributed by atoms with E-state index < -0.39 is 17.8 Å². The Labute approximate surface area is 108 Å². The summed E-state index contributed by atoms with van der Waals surface area (Å²) in [6, 6.07) is 9.24. The van der Waals surface area contributed by atoms with Gasteiger partial charge >= 0.3 is 6.18 Å². The maximum Gasteiger partial charge on any atom is 0.417 e. The predicted octanol–water partition coefficient (Wildman–Crippen LogP) is 3.49. The first kappa shape index (κ1) is 13.5. The van der Waals surface area contributed by atoms with Crippen molar-refractivity contribution in [3.8, 4) is 0 Å². The second-order valence-corrected chi connectivity index (χ2v) is 4.23. The summed E-state index contributed by atoms with van der Waals surface area (Å²) in [5.74, 6) is 0. The normalized spacial score (nSPS) is 13.3. The van der Waals surface area contributed by atoms with E-state index >= 15 is 0 Å². The summed E-state index contributed by atoms with van der Waals surface area (Å²) in [4.78, 5) is 3.69. The largest absolute Gasteiger partial charge is 0.417 e. The zero-order chi connectivity index (χ0) is 14.0. The Morgan fingerprint density at radius 2 is 1.79 bits per heavy atom. The molecule has 1 unspecified atom stereocenters. The van der Waals surface area contributed by atoms with Gasteiger partial charge in [0.25, 0.3) is 0 Å². The lowest BCUT2D eigenvalue weighted by Gasteiger charge is -2.14. The van der Waals surface area contributed by atoms with Gasteiger partial charge in [0, 0.05) is 6.20 Å². The molecule has 0 amide bonds. The molecule has 0 radical (unpaired) electrons. The minimum absolute atomic E-state index is 0.197. The number of aryl methyl sites for hydroxylation is 1. The molecule has 1 N–H and O–H groups in total. The van der Waals surface area contributed by atoms with Crippen LogP contribution in [0.4, 0.5) is 13.2 Å². The second-order valence-electron chi connectivity index (χ2n) is 4.23. The van der Waals surface area contributed by atoms with Gasteiger partial charge in [-0.05, 0) is 30.2 Å². The first-order valence-corrected chi connectivity index (χ1v) is 5.66. The molecule has 2 aromatic rings. The van der Waals surface area contributed by atoms with Crippen LogP contribution >= 0.6 is 0 Å². The van der Waals surface area contributed by atoms with Crippen molar-refractivity contribution in [1.29, 1.82) is 0 Å². The molecule has 1 aromatic carbocycles. The van der Waals surface area contributed by atoms with E-state index in [1.165, 1.54) is 6.07 Å². The first-order valence-electron chi connectivity index (χ1n) is 5.66. The Morgan fingerprint density at radius 3 is 2.32 bits per heavy atom. The van der Waals surface area contributed by atoms with Gasteiger partial charge in [0.05, 0.1) is 11.3 Å². The number of aliphatic hydroxyl groups excluding tert-OH is 1. The van der Waals surface area contributed by atoms with Crippen molar-refractivity contribution in [2.24, 2.45) is 0 Å². The number of aliphatic hydroxyl groups is 1. The van der Waals surface area contributed by atoms with Gasteiger partial charge in [-0.1, -0.05) is 24.3 Å². The van der Waals surface area contributed by atoms with E-state index in [0.717, 1.165) is 17.8 Å². The number of benzene rings is 1. The van der Waals surface area contributed by atoms with Crippen molar-refractivity contribution >= 4 is 0 Å². The molecule has 0 saturated carbocycles. The SMILES string of the molecule is Cc1ccccc1C(O)c1ccc(C(F)(F)F)cn1. The molecule has 1 atom stereocenters. The average molecular weight is 267 g/mol. The van der Waals surface area contributed by atoms with E-state index in [9.17, 15) is 18.3 Å². The van der Waals surface area contributed by atoms with Crippen molar-refractivity contribution in [2.75, 3.05) is 0 Å². The predicted molar refractivity (Wildman–Crippen MR) is 64.5 cm³/mol. The highest BCUT2D eigenvalue weighted by molar-refractivity contribution is 5.33. The van der Waals surface area contributed by atoms with Gasteiger partial charge < -0.3 is 5.11 Å². The maximum absolute atomic E-state index is 12.4. The highest BCUT2D eigenvalue weighted by Crippen LogP contribution is 2.30. The number of alkyl halides is 3. The molecule has 0 aliphatic heterocycles. The average Bonchev–Trinajstić information content (AvgIpc) is 2.38. The lowest BCUT2D eigenvalue weighted by atomic mass is 10.0. The Bertz CT molecular complexity index is 564. The molecule has 0 bridgehead atoms. The molecule has 100 valence electrons. The van der Waals surface area contributed by atoms with Crippen LogP contribution in [0.3, 0.4) is 0 Å². The van der Waals surface area contributed by atoms with Gasteiger partial charge in [-0.25, -0.2) is 0 Å². The van der Waals surface area contributed by atoms with Crippen LogP contribution in [0.1, 0.15) is 28.5 Å². The molecule has 1 aromatic heterocycles. The van der Waals surface area contributed by atoms with E-state index in [1.807, 2.05) is 19.1 Å². The van der Waals surface area contributed by atoms with Crippen molar-refractivity contribution in [3.05, 3.63) is 65.0 Å². The minimum atomic E-state index is -4.42. The van der Waals surface area contributed by atoms with Gasteiger partial charge in [0.1, 0.15) is 6.10 Å². The summed E-state index contributed by atoms with van der Waals surface area (Å²) >= 11 is 0. The standard InChI is InChI=1S/C14H12F3NO/c1-9-4-2-3-5-11(9)13(19)12-7-6-10(8-18-12)14(15,16)17/h2-8,13,19H,1H3. The number of halogens is 3. The van der Waals surface area contributed by atoms with Crippen molar-refractivity contribution in [3.63, 3.8) is 0 Å². The summed E-state index contributed by atoms with van der Waals surface area (Å²) in [5, 5.41) is 10.1. The van der Waals surface area contributed by atoms with Gasteiger partial charge in [-0.3, -0.25) is 4.98 Å². The fraction of sp³-hybridized carbons (Fsp3) is 0.214. The lowest BCUT2D eigenvalue weighted by Crippen LogP contribution is -2.08. The van der Waals surface area contributed by atoms with E-state index in [2.05, 4.69) is 4.98 Å². The van der Waals surface area contributed by atoms with Gasteiger partial charge in [-0.2, -0.15) is 13.2 Å². The third-order valence-electron chi connectivity index (χ3n) is 2.88. The number of rotatable bonds is 2. The van der Waals surface area contributed by atoms with Crippen molar-refractivity contribution in [1.82, 2.24) is 4.98 Å². The smallest absolute Gasteiger partial charge is 0.382 e. The van der Waals surface area contributed by atoms with Crippen LogP contribution < -0.4 is 0 Å². The molecule has 0 fully saturated rings. The van der Waals surface area contributed by atoms with E-state index in [0.29, 0.717) is 5.56 Å². The molecular formula is C14H12F3NO. The van der Waals surface area contributed by atoms with E-state index in [-0.39, 0.29) is 5.69 Å². The molecule has 0 spiro atoms. The highest BCUT2D eigenvalue weighted by atomic mass is 19.4. The quantitative estimate of drug-likeness (QED) is 0.903. The Hall–Kier alpha value is -1.88. The monoisotopic (exact) mass is 267 g/mol. The molecular weight excluding hydrogens is 255 g/mol. The Balaban J connectivity index is 2.31. The lowest BCUT2D eigenvalue weighted by molar-refractivity contribution is -0.137. The summed E-state index contributed by atoms with van der Waals surface area (Å²) in [5.41, 5.74) is 0.863. The van der Waals surface area contributed by atoms with Crippen LogP contribution in [0.15, 0.2) is 42.6 Å². The highest BCUT2D eigenvalue weighted by Gasteiger charge is 2.31. The summed E-state index contributed by atoms with van der Waals surface area (Å²) in [6.07, 6.45) is -4.71. The molecule has 5 heteroatoms. The van der Waals surface area contributed by atoms with Crippen LogP contribution in [-0.4, -0.2) is 10.1 Å². The molecule has 0 saturated heterocycles. The zero-order valence-electron chi connectivity index (χ0n) is 10.1. The van der Waals surface area contributed by atoms with Gasteiger partial charge in [0.2, 0.25) is 0 Å². The van der Waals surface area contributed by atoms with Crippen LogP contribution in [0.25, 0.3) is 0 Å². The van der Waals surface area contributed by atoms with Crippen molar-refractivity contribution < 1.29 is 18.3 Å². The number of hydrogen-bond donors (Lipinski definition) is 1. The minimum Gasteiger partial charge on any atom is -0.382 e. The van der Waals surface area contributed by atoms with Crippen LogP contribution in [0.2, 0.25) is 0 Å². The van der Waals surface area contributed by atoms with Crippen molar-refractivity contribution in [2.45, 2.75) is 19.2 Å². The fourth-order valence-electron chi connectivity index (χ4n) is 1.79. The van der Waals surface area contributed by atoms with Gasteiger partial charge in [0.15, 0.2) is 0 Å². The summed E-state index contributed by atoms with van der Waals surface area (Å²) < 4.78 is 37.2. The second kappa shape index (κ2) is 5.01. The number of aromatic nitrogens is 1. The topological polar surface area (TPSA) is 33.1 Å². The molecule has 0 aliphatic rings. The molecule has 2 rings (SSSR count). The van der Waals surface area contributed by atoms with Crippen LogP contribution in [0.5, 0.6) is 0 Å². The molecule has 19 heavy (non-hydrogen) atoms. The summed E-state index contributed by atoms with van der Waals surface area (Å²) in [6.45, 7) is 1.82. The summed E-state index contributed by atoms with van der Waals surface area (Å²) in [7, 11) is 0. The fourth-order valence-corrected chi connectivity index (χ4v) is 1.79.